The molecular formula is C43H49NO15. The number of hydrogen-bond donors (Lipinski definition) is 4. The molecule has 6 rings (SSSR count). The number of ether oxygens (including phenoxy) is 5. The highest BCUT2D eigenvalue weighted by Crippen LogP contribution is 2.64. The molecule has 3 fully saturated rings. The SMILES string of the molecule is CC(=O)O[C@H]1C(=O)[C@]2(C)[C@@H](O)CC3OC[C@@]3(OC(C)=O)[C@H]2[C@H](OC(=O)c2ccccc2)[C@]2(O)C[C@H](OC(=O)[C@H](O)[C@H](NC(=O)C(C)=O)c3ccccc3)C(C)=C1C2(C)C. The molecule has 2 bridgehead atoms. The quantitative estimate of drug-likeness (QED) is 0.116. The largest absolute Gasteiger partial charge is 0.456 e. The number of aliphatic hydroxyl groups is 3. The number of carbonyl (C=O) groups excluding carboxylic acids is 7. The molecule has 2 aromatic carbocycles. The highest BCUT2D eigenvalue weighted by atomic mass is 16.6. The molecule has 316 valence electrons. The smallest absolute Gasteiger partial charge is 0.338 e. The summed E-state index contributed by atoms with van der Waals surface area (Å²) in [4.78, 5) is 94.0. The molecule has 2 saturated carbocycles. The number of hydrogen-bond acceptors (Lipinski definition) is 15. The van der Waals surface area contributed by atoms with E-state index >= 15 is 4.79 Å². The number of fused-ring (bicyclic) bond motifs is 5. The summed E-state index contributed by atoms with van der Waals surface area (Å²) < 4.78 is 30.0. The average Bonchev–Trinajstić information content (AvgIpc) is 3.18. The highest BCUT2D eigenvalue weighted by Gasteiger charge is 2.78. The zero-order chi connectivity index (χ0) is 43.4. The van der Waals surface area contributed by atoms with Crippen molar-refractivity contribution in [3.8, 4) is 0 Å². The van der Waals surface area contributed by atoms with E-state index in [1.165, 1.54) is 52.0 Å². The number of aliphatic hydroxyl groups excluding tert-OH is 2. The van der Waals surface area contributed by atoms with Crippen molar-refractivity contribution in [1.82, 2.24) is 5.32 Å². The third-order valence-corrected chi connectivity index (χ3v) is 12.8. The van der Waals surface area contributed by atoms with Crippen molar-refractivity contribution < 1.29 is 72.6 Å². The summed E-state index contributed by atoms with van der Waals surface area (Å²) in [6.07, 6.45) is -10.8. The van der Waals surface area contributed by atoms with E-state index in [1.54, 1.807) is 36.4 Å². The van der Waals surface area contributed by atoms with Gasteiger partial charge in [0, 0.05) is 39.0 Å². The lowest BCUT2D eigenvalue weighted by Gasteiger charge is -2.67. The monoisotopic (exact) mass is 819 g/mol. The van der Waals surface area contributed by atoms with Crippen LogP contribution in [0.5, 0.6) is 0 Å². The molecular weight excluding hydrogens is 770 g/mol. The molecule has 1 heterocycles. The molecule has 16 nitrogen and oxygen atoms in total. The Morgan fingerprint density at radius 1 is 0.881 bits per heavy atom. The molecule has 0 aromatic heterocycles. The maximum absolute atomic E-state index is 15.4. The van der Waals surface area contributed by atoms with Crippen LogP contribution in [0, 0.1) is 16.7 Å². The van der Waals surface area contributed by atoms with E-state index in [0.717, 1.165) is 20.8 Å². The number of esters is 4. The molecule has 11 atom stereocenters. The van der Waals surface area contributed by atoms with Gasteiger partial charge in [0.25, 0.3) is 5.91 Å². The second-order valence-electron chi connectivity index (χ2n) is 16.5. The van der Waals surface area contributed by atoms with E-state index in [1.807, 2.05) is 0 Å². The summed E-state index contributed by atoms with van der Waals surface area (Å²) in [7, 11) is 0. The lowest BCUT2D eigenvalue weighted by Crippen LogP contribution is -2.82. The predicted octanol–water partition coefficient (Wildman–Crippen LogP) is 2.01. The minimum absolute atomic E-state index is 0.0376. The lowest BCUT2D eigenvalue weighted by atomic mass is 9.44. The fraction of sp³-hybridized carbons (Fsp3) is 0.512. The number of ketones is 2. The summed E-state index contributed by atoms with van der Waals surface area (Å²) in [5.41, 5.74) is -7.57. The second kappa shape index (κ2) is 15.7. The summed E-state index contributed by atoms with van der Waals surface area (Å²) in [5.74, 6) is -8.43. The maximum Gasteiger partial charge on any atom is 0.338 e. The van der Waals surface area contributed by atoms with Crippen LogP contribution in [-0.4, -0.2) is 111 Å². The van der Waals surface area contributed by atoms with Gasteiger partial charge >= 0.3 is 23.9 Å². The van der Waals surface area contributed by atoms with E-state index in [-0.39, 0.29) is 35.3 Å². The Labute approximate surface area is 340 Å². The Bertz CT molecular complexity index is 2080. The van der Waals surface area contributed by atoms with Gasteiger partial charge in [0.15, 0.2) is 23.6 Å². The van der Waals surface area contributed by atoms with E-state index in [2.05, 4.69) is 5.32 Å². The molecule has 3 aliphatic carbocycles. The van der Waals surface area contributed by atoms with Gasteiger partial charge in [-0.05, 0) is 42.7 Å². The molecule has 0 radical (unpaired) electrons. The van der Waals surface area contributed by atoms with Crippen LogP contribution in [0.2, 0.25) is 0 Å². The fourth-order valence-electron chi connectivity index (χ4n) is 9.61. The number of carbonyl (C=O) groups is 7. The van der Waals surface area contributed by atoms with Crippen LogP contribution in [0.1, 0.15) is 83.3 Å². The van der Waals surface area contributed by atoms with E-state index < -0.39 is 118 Å². The normalized spacial score (nSPS) is 32.9. The number of Topliss-reactive ketones (excluding diaryl/α,β-unsaturated/α-hetero) is 2. The van der Waals surface area contributed by atoms with Gasteiger partial charge in [-0.15, -0.1) is 0 Å². The van der Waals surface area contributed by atoms with Gasteiger partial charge in [0.2, 0.25) is 5.78 Å². The number of benzene rings is 2. The van der Waals surface area contributed by atoms with Gasteiger partial charge in [-0.2, -0.15) is 0 Å². The molecule has 1 aliphatic heterocycles. The van der Waals surface area contributed by atoms with Crippen LogP contribution in [0.4, 0.5) is 0 Å². The maximum atomic E-state index is 15.4. The topological polar surface area (TPSA) is 238 Å². The van der Waals surface area contributed by atoms with Gasteiger partial charge in [-0.25, -0.2) is 9.59 Å². The molecule has 16 heteroatoms. The first-order chi connectivity index (χ1) is 27.6. The van der Waals surface area contributed by atoms with Gasteiger partial charge in [0.1, 0.15) is 23.9 Å². The summed E-state index contributed by atoms with van der Waals surface area (Å²) in [6.45, 7) is 8.80. The molecule has 59 heavy (non-hydrogen) atoms. The van der Waals surface area contributed by atoms with Gasteiger partial charge in [-0.1, -0.05) is 62.4 Å². The van der Waals surface area contributed by atoms with Crippen LogP contribution in [-0.2, 0) is 52.5 Å². The van der Waals surface area contributed by atoms with Crippen molar-refractivity contribution in [1.29, 1.82) is 0 Å². The minimum Gasteiger partial charge on any atom is -0.456 e. The van der Waals surface area contributed by atoms with Crippen LogP contribution in [0.3, 0.4) is 0 Å². The first kappa shape index (κ1) is 43.3. The number of rotatable bonds is 10. The second-order valence-corrected chi connectivity index (χ2v) is 16.5. The fourth-order valence-corrected chi connectivity index (χ4v) is 9.61. The summed E-state index contributed by atoms with van der Waals surface area (Å²) in [6, 6.07) is 14.1. The Kier molecular flexibility index (Phi) is 11.5. The van der Waals surface area contributed by atoms with Crippen molar-refractivity contribution in [3.05, 3.63) is 82.9 Å². The first-order valence-electron chi connectivity index (χ1n) is 19.3. The van der Waals surface area contributed by atoms with Gasteiger partial charge in [-0.3, -0.25) is 24.0 Å². The van der Waals surface area contributed by atoms with Crippen molar-refractivity contribution in [3.63, 3.8) is 0 Å². The number of nitrogens with one attached hydrogen (secondary N) is 1. The molecule has 4 N–H and O–H groups in total. The van der Waals surface area contributed by atoms with Gasteiger partial charge < -0.3 is 44.3 Å². The minimum atomic E-state index is -2.42. The van der Waals surface area contributed by atoms with E-state index in [4.69, 9.17) is 23.7 Å². The first-order valence-corrected chi connectivity index (χ1v) is 19.3. The molecule has 1 amide bonds. The average molecular weight is 820 g/mol. The van der Waals surface area contributed by atoms with Crippen LogP contribution in [0.25, 0.3) is 0 Å². The Balaban J connectivity index is 1.56. The van der Waals surface area contributed by atoms with Crippen molar-refractivity contribution in [2.45, 2.75) is 115 Å². The van der Waals surface area contributed by atoms with E-state index in [0.29, 0.717) is 0 Å². The molecule has 0 spiro atoms. The molecule has 1 unspecified atom stereocenters. The standard InChI is InChI=1S/C43H49NO15/c1-21-27(57-39(53)32(49)31(44-37(51)22(2)45)25-14-10-8-11-15-25)19-43(54)36(58-38(52)26-16-12-9-13-17-26)34-41(7,28(48)18-29-42(34,20-55-29)59-24(4)47)35(50)33(56-23(3)46)30(21)40(43,5)6/h8-17,27-29,31-34,36,48-49,54H,18-20H2,1-7H3,(H,44,51)/t27-,28-,29?,31+,32+,33+,34-,36-,41+,42-,43+/m0/s1. The van der Waals surface area contributed by atoms with Crippen molar-refractivity contribution >= 4 is 41.4 Å². The van der Waals surface area contributed by atoms with Gasteiger partial charge in [0.05, 0.1) is 35.6 Å². The zero-order valence-corrected chi connectivity index (χ0v) is 33.8. The zero-order valence-electron chi connectivity index (χ0n) is 33.8. The van der Waals surface area contributed by atoms with Crippen molar-refractivity contribution in [2.24, 2.45) is 16.7 Å². The third-order valence-electron chi connectivity index (χ3n) is 12.8. The van der Waals surface area contributed by atoms with Crippen LogP contribution in [0.15, 0.2) is 71.8 Å². The summed E-state index contributed by atoms with van der Waals surface area (Å²) >= 11 is 0. The predicted molar refractivity (Wildman–Crippen MR) is 203 cm³/mol. The Hall–Kier alpha value is -5.29. The lowest BCUT2D eigenvalue weighted by molar-refractivity contribution is -0.346. The molecule has 1 saturated heterocycles. The Morgan fingerprint density at radius 3 is 2.03 bits per heavy atom. The molecule has 2 aromatic rings. The molecule has 4 aliphatic rings. The van der Waals surface area contributed by atoms with Crippen molar-refractivity contribution in [2.75, 3.05) is 6.61 Å². The third kappa shape index (κ3) is 7.15. The van der Waals surface area contributed by atoms with E-state index in [9.17, 15) is 44.1 Å². The Morgan fingerprint density at radius 2 is 1.49 bits per heavy atom. The van der Waals surface area contributed by atoms with Crippen LogP contribution >= 0.6 is 0 Å². The number of amides is 1. The highest BCUT2D eigenvalue weighted by molar-refractivity contribution is 6.35. The summed E-state index contributed by atoms with van der Waals surface area (Å²) in [5, 5.41) is 39.4. The van der Waals surface area contributed by atoms with Crippen LogP contribution < -0.4 is 5.32 Å².